The molecule has 1 amide bonds. The number of amides is 1. The minimum absolute atomic E-state index is 0.0568. The first kappa shape index (κ1) is 14.7. The molecule has 0 aromatic carbocycles. The molecule has 3 rings (SSSR count). The molecule has 1 saturated carbocycles. The topological polar surface area (TPSA) is 54.9 Å². The number of aryl methyl sites for hydroxylation is 2. The van der Waals surface area contributed by atoms with Crippen molar-refractivity contribution in [1.82, 2.24) is 15.3 Å². The Kier molecular flexibility index (Phi) is 4.47. The summed E-state index contributed by atoms with van der Waals surface area (Å²) in [5.41, 5.74) is 3.26. The van der Waals surface area contributed by atoms with Crippen LogP contribution in [-0.4, -0.2) is 15.9 Å². The van der Waals surface area contributed by atoms with E-state index < -0.39 is 0 Å². The van der Waals surface area contributed by atoms with Gasteiger partial charge in [0.25, 0.3) is 0 Å². The molecular formula is C18H21N3O. The molecule has 0 saturated heterocycles. The molecule has 4 nitrogen and oxygen atoms in total. The predicted molar refractivity (Wildman–Crippen MR) is 85.1 cm³/mol. The smallest absolute Gasteiger partial charge is 0.220 e. The van der Waals surface area contributed by atoms with Gasteiger partial charge in [-0.05, 0) is 61.4 Å². The van der Waals surface area contributed by atoms with Crippen LogP contribution in [0.1, 0.15) is 42.1 Å². The van der Waals surface area contributed by atoms with Gasteiger partial charge in [-0.2, -0.15) is 0 Å². The SMILES string of the molecule is Cc1ccnc([C@H](NC(=O)CCc2cccnc2)C2CC2)c1. The average Bonchev–Trinajstić information content (AvgIpc) is 3.36. The number of hydrogen-bond donors (Lipinski definition) is 1. The Balaban J connectivity index is 1.60. The number of carbonyl (C=O) groups excluding carboxylic acids is 1. The maximum Gasteiger partial charge on any atom is 0.220 e. The van der Waals surface area contributed by atoms with Gasteiger partial charge in [0.15, 0.2) is 0 Å². The predicted octanol–water partition coefficient (Wildman–Crippen LogP) is 2.99. The zero-order valence-electron chi connectivity index (χ0n) is 12.8. The summed E-state index contributed by atoms with van der Waals surface area (Å²) in [7, 11) is 0. The van der Waals surface area contributed by atoms with E-state index >= 15 is 0 Å². The van der Waals surface area contributed by atoms with Crippen molar-refractivity contribution in [2.24, 2.45) is 5.92 Å². The van der Waals surface area contributed by atoms with Gasteiger partial charge in [0.1, 0.15) is 0 Å². The van der Waals surface area contributed by atoms with E-state index in [2.05, 4.69) is 28.3 Å². The van der Waals surface area contributed by atoms with Crippen LogP contribution in [0.25, 0.3) is 0 Å². The maximum absolute atomic E-state index is 12.3. The van der Waals surface area contributed by atoms with Crippen molar-refractivity contribution in [3.05, 3.63) is 59.7 Å². The summed E-state index contributed by atoms with van der Waals surface area (Å²) in [4.78, 5) is 20.8. The molecule has 1 aliphatic rings. The Morgan fingerprint density at radius 2 is 2.23 bits per heavy atom. The summed E-state index contributed by atoms with van der Waals surface area (Å²) in [6.07, 6.45) is 8.93. The lowest BCUT2D eigenvalue weighted by molar-refractivity contribution is -0.122. The van der Waals surface area contributed by atoms with Gasteiger partial charge >= 0.3 is 0 Å². The Bertz CT molecular complexity index is 638. The van der Waals surface area contributed by atoms with Gasteiger partial charge in [0, 0.05) is 25.0 Å². The van der Waals surface area contributed by atoms with Crippen molar-refractivity contribution in [3.63, 3.8) is 0 Å². The Morgan fingerprint density at radius 3 is 2.91 bits per heavy atom. The third-order valence-corrected chi connectivity index (χ3v) is 4.03. The third-order valence-electron chi connectivity index (χ3n) is 4.03. The zero-order chi connectivity index (χ0) is 15.4. The summed E-state index contributed by atoms with van der Waals surface area (Å²) >= 11 is 0. The van der Waals surface area contributed by atoms with Gasteiger partial charge in [0.2, 0.25) is 5.91 Å². The van der Waals surface area contributed by atoms with Gasteiger partial charge in [-0.1, -0.05) is 6.07 Å². The van der Waals surface area contributed by atoms with E-state index in [-0.39, 0.29) is 11.9 Å². The lowest BCUT2D eigenvalue weighted by atomic mass is 10.1. The lowest BCUT2D eigenvalue weighted by Crippen LogP contribution is -2.30. The molecule has 1 N–H and O–H groups in total. The van der Waals surface area contributed by atoms with Gasteiger partial charge in [0.05, 0.1) is 11.7 Å². The van der Waals surface area contributed by atoms with E-state index in [1.807, 2.05) is 30.6 Å². The summed E-state index contributed by atoms with van der Waals surface area (Å²) in [5.74, 6) is 0.626. The minimum Gasteiger partial charge on any atom is -0.347 e. The van der Waals surface area contributed by atoms with Crippen LogP contribution in [-0.2, 0) is 11.2 Å². The Labute approximate surface area is 131 Å². The summed E-state index contributed by atoms with van der Waals surface area (Å²) in [5, 5.41) is 3.17. The first-order valence-electron chi connectivity index (χ1n) is 7.83. The standard InChI is InChI=1S/C18H21N3O/c1-13-8-10-20-16(11-13)18(15-5-6-15)21-17(22)7-4-14-3-2-9-19-12-14/h2-3,8-12,15,18H,4-7H2,1H3,(H,21,22)/t18-/m1/s1. The number of pyridine rings is 2. The fraction of sp³-hybridized carbons (Fsp3) is 0.389. The van der Waals surface area contributed by atoms with Crippen molar-refractivity contribution in [2.45, 2.75) is 38.6 Å². The first-order chi connectivity index (χ1) is 10.7. The Hall–Kier alpha value is -2.23. The normalized spacial score (nSPS) is 15.3. The minimum atomic E-state index is 0.0568. The van der Waals surface area contributed by atoms with Crippen LogP contribution in [0.4, 0.5) is 0 Å². The van der Waals surface area contributed by atoms with Crippen LogP contribution in [0.15, 0.2) is 42.9 Å². The molecule has 1 fully saturated rings. The molecule has 0 aliphatic heterocycles. The van der Waals surface area contributed by atoms with Crippen molar-refractivity contribution in [1.29, 1.82) is 0 Å². The van der Waals surface area contributed by atoms with Crippen LogP contribution in [0.2, 0.25) is 0 Å². The van der Waals surface area contributed by atoms with E-state index in [0.29, 0.717) is 12.3 Å². The zero-order valence-corrected chi connectivity index (χ0v) is 12.8. The largest absolute Gasteiger partial charge is 0.347 e. The van der Waals surface area contributed by atoms with Crippen molar-refractivity contribution >= 4 is 5.91 Å². The number of aromatic nitrogens is 2. The second-order valence-electron chi connectivity index (χ2n) is 6.00. The van der Waals surface area contributed by atoms with Gasteiger partial charge in [-0.3, -0.25) is 14.8 Å². The van der Waals surface area contributed by atoms with E-state index in [4.69, 9.17) is 0 Å². The fourth-order valence-electron chi connectivity index (χ4n) is 2.64. The lowest BCUT2D eigenvalue weighted by Gasteiger charge is -2.18. The highest BCUT2D eigenvalue weighted by molar-refractivity contribution is 5.76. The van der Waals surface area contributed by atoms with Crippen molar-refractivity contribution in [3.8, 4) is 0 Å². The number of carbonyl (C=O) groups is 1. The molecule has 1 atom stereocenters. The van der Waals surface area contributed by atoms with Gasteiger partial charge < -0.3 is 5.32 Å². The van der Waals surface area contributed by atoms with Crippen LogP contribution < -0.4 is 5.32 Å². The third kappa shape index (κ3) is 3.91. The van der Waals surface area contributed by atoms with E-state index in [0.717, 1.165) is 17.7 Å². The average molecular weight is 295 g/mol. The second-order valence-corrected chi connectivity index (χ2v) is 6.00. The molecule has 22 heavy (non-hydrogen) atoms. The highest BCUT2D eigenvalue weighted by Crippen LogP contribution is 2.40. The first-order valence-corrected chi connectivity index (χ1v) is 7.83. The number of hydrogen-bond acceptors (Lipinski definition) is 3. The molecule has 0 bridgehead atoms. The van der Waals surface area contributed by atoms with Gasteiger partial charge in [-0.15, -0.1) is 0 Å². The van der Waals surface area contributed by atoms with Crippen LogP contribution >= 0.6 is 0 Å². The molecule has 2 heterocycles. The highest BCUT2D eigenvalue weighted by atomic mass is 16.1. The molecular weight excluding hydrogens is 274 g/mol. The van der Waals surface area contributed by atoms with Crippen LogP contribution in [0.3, 0.4) is 0 Å². The Morgan fingerprint density at radius 1 is 1.36 bits per heavy atom. The molecule has 0 unspecified atom stereocenters. The fourth-order valence-corrected chi connectivity index (χ4v) is 2.64. The van der Waals surface area contributed by atoms with E-state index in [1.54, 1.807) is 6.20 Å². The van der Waals surface area contributed by atoms with Crippen LogP contribution in [0.5, 0.6) is 0 Å². The summed E-state index contributed by atoms with van der Waals surface area (Å²) in [6.45, 7) is 2.05. The number of rotatable bonds is 6. The molecule has 114 valence electrons. The molecule has 4 heteroatoms. The number of nitrogens with zero attached hydrogens (tertiary/aromatic N) is 2. The molecule has 0 radical (unpaired) electrons. The molecule has 1 aliphatic carbocycles. The van der Waals surface area contributed by atoms with Crippen LogP contribution in [0, 0.1) is 12.8 Å². The van der Waals surface area contributed by atoms with Crippen molar-refractivity contribution < 1.29 is 4.79 Å². The second kappa shape index (κ2) is 6.69. The molecule has 0 spiro atoms. The monoisotopic (exact) mass is 295 g/mol. The van der Waals surface area contributed by atoms with E-state index in [9.17, 15) is 4.79 Å². The highest BCUT2D eigenvalue weighted by Gasteiger charge is 2.34. The summed E-state index contributed by atoms with van der Waals surface area (Å²) < 4.78 is 0. The maximum atomic E-state index is 12.3. The van der Waals surface area contributed by atoms with Gasteiger partial charge in [-0.25, -0.2) is 0 Å². The van der Waals surface area contributed by atoms with E-state index in [1.165, 1.54) is 18.4 Å². The number of nitrogens with one attached hydrogen (secondary N) is 1. The molecule has 2 aromatic heterocycles. The molecule has 2 aromatic rings. The van der Waals surface area contributed by atoms with Crippen molar-refractivity contribution in [2.75, 3.05) is 0 Å². The quantitative estimate of drug-likeness (QED) is 0.891. The summed E-state index contributed by atoms with van der Waals surface area (Å²) in [6, 6.07) is 8.01.